The second-order valence-electron chi connectivity index (χ2n) is 8.54. The lowest BCUT2D eigenvalue weighted by molar-refractivity contribution is -0.136. The van der Waals surface area contributed by atoms with Crippen LogP contribution >= 0.6 is 11.3 Å². The summed E-state index contributed by atoms with van der Waals surface area (Å²) in [6.45, 7) is 5.77. The predicted octanol–water partition coefficient (Wildman–Crippen LogP) is 4.91. The van der Waals surface area contributed by atoms with E-state index in [1.165, 1.54) is 21.7 Å². The Morgan fingerprint density at radius 3 is 2.67 bits per heavy atom. The molecule has 0 radical (unpaired) electrons. The second-order valence-corrected chi connectivity index (χ2v) is 9.45. The number of nitrogens with zero attached hydrogens (tertiary/aromatic N) is 2. The number of hydrogen-bond acceptors (Lipinski definition) is 5. The van der Waals surface area contributed by atoms with Crippen molar-refractivity contribution in [2.45, 2.75) is 19.4 Å². The minimum Gasteiger partial charge on any atom is -0.488 e. The number of rotatable bonds is 6. The maximum absolute atomic E-state index is 11.3. The van der Waals surface area contributed by atoms with Crippen molar-refractivity contribution in [1.82, 2.24) is 4.90 Å². The number of carboxylic acids is 1. The van der Waals surface area contributed by atoms with Crippen LogP contribution in [0, 0.1) is 0 Å². The molecule has 0 bridgehead atoms. The topological polar surface area (TPSA) is 53.0 Å². The summed E-state index contributed by atoms with van der Waals surface area (Å²) < 4.78 is 6.08. The summed E-state index contributed by atoms with van der Waals surface area (Å²) in [5.41, 5.74) is 5.47. The van der Waals surface area contributed by atoms with Crippen molar-refractivity contribution < 1.29 is 14.6 Å². The first-order chi connectivity index (χ1) is 16.2. The first-order valence-electron chi connectivity index (χ1n) is 11.4. The van der Waals surface area contributed by atoms with Gasteiger partial charge in [-0.1, -0.05) is 30.3 Å². The highest BCUT2D eigenvalue weighted by Crippen LogP contribution is 2.40. The minimum absolute atomic E-state index is 0.0174. The summed E-state index contributed by atoms with van der Waals surface area (Å²) in [6, 6.07) is 18.5. The molecule has 5 nitrogen and oxygen atoms in total. The highest BCUT2D eigenvalue weighted by Gasteiger charge is 2.22. The molecule has 2 aliphatic rings. The van der Waals surface area contributed by atoms with Gasteiger partial charge < -0.3 is 14.7 Å². The Balaban J connectivity index is 1.31. The molecule has 1 aromatic heterocycles. The molecule has 170 valence electrons. The van der Waals surface area contributed by atoms with Gasteiger partial charge in [-0.25, -0.2) is 0 Å². The van der Waals surface area contributed by atoms with Crippen molar-refractivity contribution in [3.05, 3.63) is 87.6 Å². The average Bonchev–Trinajstić information content (AvgIpc) is 3.25. The summed E-state index contributed by atoms with van der Waals surface area (Å²) in [6.07, 6.45) is 3.28. The number of thiophene rings is 1. The molecule has 2 aliphatic heterocycles. The Kier molecular flexibility index (Phi) is 6.46. The van der Waals surface area contributed by atoms with Crippen molar-refractivity contribution in [2.75, 3.05) is 37.6 Å². The third kappa shape index (κ3) is 4.97. The second kappa shape index (κ2) is 9.81. The van der Waals surface area contributed by atoms with Crippen LogP contribution in [-0.2, 0) is 17.8 Å². The van der Waals surface area contributed by atoms with E-state index >= 15 is 0 Å². The molecule has 0 unspecified atom stereocenters. The molecule has 6 heteroatoms. The molecule has 1 fully saturated rings. The Hall–Kier alpha value is -3.09. The predicted molar refractivity (Wildman–Crippen MR) is 133 cm³/mol. The van der Waals surface area contributed by atoms with Crippen molar-refractivity contribution >= 4 is 28.6 Å². The van der Waals surface area contributed by atoms with Crippen LogP contribution in [0.25, 0.3) is 5.57 Å². The van der Waals surface area contributed by atoms with Gasteiger partial charge in [0.25, 0.3) is 0 Å². The zero-order valence-corrected chi connectivity index (χ0v) is 19.4. The van der Waals surface area contributed by atoms with E-state index in [9.17, 15) is 9.90 Å². The largest absolute Gasteiger partial charge is 0.488 e. The Labute approximate surface area is 198 Å². The van der Waals surface area contributed by atoms with Gasteiger partial charge in [0, 0.05) is 54.4 Å². The number of fused-ring (bicyclic) bond motifs is 2. The number of carboxylic acid groups (broad SMARTS) is 1. The summed E-state index contributed by atoms with van der Waals surface area (Å²) in [5, 5.41) is 11.3. The molecule has 1 N–H and O–H groups in total. The number of piperazine rings is 1. The van der Waals surface area contributed by atoms with Crippen LogP contribution < -0.4 is 9.64 Å². The van der Waals surface area contributed by atoms with Gasteiger partial charge in [0.15, 0.2) is 0 Å². The van der Waals surface area contributed by atoms with Crippen molar-refractivity contribution in [3.63, 3.8) is 0 Å². The fraction of sp³-hybridized carbons (Fsp3) is 0.296. The summed E-state index contributed by atoms with van der Waals surface area (Å²) >= 11 is 1.73. The van der Waals surface area contributed by atoms with E-state index in [-0.39, 0.29) is 6.42 Å². The first kappa shape index (κ1) is 21.7. The molecule has 0 aliphatic carbocycles. The van der Waals surface area contributed by atoms with Crippen LogP contribution in [0.4, 0.5) is 5.69 Å². The van der Waals surface area contributed by atoms with E-state index in [2.05, 4.69) is 57.7 Å². The lowest BCUT2D eigenvalue weighted by atomic mass is 9.97. The fourth-order valence-corrected chi connectivity index (χ4v) is 5.59. The highest BCUT2D eigenvalue weighted by molar-refractivity contribution is 7.11. The number of hydrogen-bond donors (Lipinski definition) is 1. The van der Waals surface area contributed by atoms with E-state index in [1.807, 2.05) is 18.2 Å². The molecule has 0 spiro atoms. The van der Waals surface area contributed by atoms with Gasteiger partial charge >= 0.3 is 5.97 Å². The number of benzene rings is 2. The van der Waals surface area contributed by atoms with E-state index < -0.39 is 5.97 Å². The molecule has 0 atom stereocenters. The molecular weight excluding hydrogens is 432 g/mol. The van der Waals surface area contributed by atoms with Gasteiger partial charge in [-0.2, -0.15) is 0 Å². The Morgan fingerprint density at radius 1 is 1.06 bits per heavy atom. The molecule has 0 saturated carbocycles. The third-order valence-corrected chi connectivity index (χ3v) is 7.34. The molecule has 5 rings (SSSR count). The first-order valence-corrected chi connectivity index (χ1v) is 12.3. The van der Waals surface area contributed by atoms with Crippen LogP contribution in [-0.4, -0.2) is 48.7 Å². The summed E-state index contributed by atoms with van der Waals surface area (Å²) in [4.78, 5) is 17.5. The SMILES string of the molecule is O=C(O)Cc1ccc2c(c1)/C(=C\CCN1CCN(c3ccccc3)CC1)c1sccc1CO2. The molecular formula is C27H28N2O3S. The summed E-state index contributed by atoms with van der Waals surface area (Å²) in [7, 11) is 0. The molecule has 3 aromatic rings. The lowest BCUT2D eigenvalue weighted by Crippen LogP contribution is -2.46. The Morgan fingerprint density at radius 2 is 1.88 bits per heavy atom. The van der Waals surface area contributed by atoms with Crippen LogP contribution in [0.3, 0.4) is 0 Å². The molecule has 33 heavy (non-hydrogen) atoms. The van der Waals surface area contributed by atoms with Crippen LogP contribution in [0.15, 0.2) is 66.1 Å². The van der Waals surface area contributed by atoms with Crippen molar-refractivity contribution in [1.29, 1.82) is 0 Å². The Bertz CT molecular complexity index is 1150. The maximum atomic E-state index is 11.3. The minimum atomic E-state index is -0.818. The zero-order chi connectivity index (χ0) is 22.6. The van der Waals surface area contributed by atoms with Crippen LogP contribution in [0.1, 0.15) is 28.0 Å². The van der Waals surface area contributed by atoms with Crippen molar-refractivity contribution in [2.24, 2.45) is 0 Å². The molecule has 0 amide bonds. The normalized spacial score (nSPS) is 17.2. The summed E-state index contributed by atoms with van der Waals surface area (Å²) in [5.74, 6) is 0.0109. The number of para-hydroxylation sites is 1. The standard InChI is InChI=1S/C27H28N2O3S/c30-26(31)18-20-8-9-25-24(17-20)23(27-21(19-32-25)10-16-33-27)7-4-11-28-12-14-29(15-13-28)22-5-2-1-3-6-22/h1-3,5-10,16-17H,4,11-15,18-19H2,(H,30,31)/b23-7+. The van der Waals surface area contributed by atoms with Crippen LogP contribution in [0.2, 0.25) is 0 Å². The third-order valence-electron chi connectivity index (χ3n) is 6.35. The molecule has 1 saturated heterocycles. The number of aliphatic carboxylic acids is 1. The van der Waals surface area contributed by atoms with Gasteiger partial charge in [0.05, 0.1) is 6.42 Å². The van der Waals surface area contributed by atoms with E-state index in [0.29, 0.717) is 6.61 Å². The average molecular weight is 461 g/mol. The maximum Gasteiger partial charge on any atom is 0.307 e. The van der Waals surface area contributed by atoms with Gasteiger partial charge in [-0.15, -0.1) is 11.3 Å². The smallest absolute Gasteiger partial charge is 0.307 e. The van der Waals surface area contributed by atoms with Gasteiger partial charge in [-0.3, -0.25) is 9.69 Å². The number of ether oxygens (including phenoxy) is 1. The molecule has 2 aromatic carbocycles. The number of carbonyl (C=O) groups is 1. The van der Waals surface area contributed by atoms with Gasteiger partial charge in [-0.05, 0) is 53.3 Å². The van der Waals surface area contributed by atoms with E-state index in [0.717, 1.165) is 56.0 Å². The van der Waals surface area contributed by atoms with Crippen molar-refractivity contribution in [3.8, 4) is 5.75 Å². The lowest BCUT2D eigenvalue weighted by Gasteiger charge is -2.36. The number of anilines is 1. The molecule has 3 heterocycles. The fourth-order valence-electron chi connectivity index (χ4n) is 4.62. The van der Waals surface area contributed by atoms with Gasteiger partial charge in [0.1, 0.15) is 12.4 Å². The van der Waals surface area contributed by atoms with E-state index in [4.69, 9.17) is 4.74 Å². The van der Waals surface area contributed by atoms with E-state index in [1.54, 1.807) is 11.3 Å². The van der Waals surface area contributed by atoms with Crippen LogP contribution in [0.5, 0.6) is 5.75 Å². The monoisotopic (exact) mass is 460 g/mol. The zero-order valence-electron chi connectivity index (χ0n) is 18.6. The van der Waals surface area contributed by atoms with Gasteiger partial charge in [0.2, 0.25) is 0 Å². The quantitative estimate of drug-likeness (QED) is 0.566. The highest BCUT2D eigenvalue weighted by atomic mass is 32.1.